The SMILES string of the molecule is Cc1cccc(S(=O)(=O)c2ccc(-c3ccc(S(=O)(=O)c4cccc(C)c4)cc3)cc2)c1. The van der Waals surface area contributed by atoms with Crippen LogP contribution in [0.4, 0.5) is 0 Å². The molecule has 0 aromatic heterocycles. The standard InChI is InChI=1S/C26H22O4S2/c1-19-5-3-7-25(17-19)31(27,28)23-13-9-21(10-14-23)22-11-15-24(16-12-22)32(29,30)26-8-4-6-20(2)18-26/h3-18H,1-2H3. The van der Waals surface area contributed by atoms with E-state index in [1.165, 1.54) is 0 Å². The van der Waals surface area contributed by atoms with Crippen molar-refractivity contribution < 1.29 is 16.8 Å². The van der Waals surface area contributed by atoms with Gasteiger partial charge in [0.05, 0.1) is 19.6 Å². The summed E-state index contributed by atoms with van der Waals surface area (Å²) in [6, 6.07) is 26.8. The topological polar surface area (TPSA) is 68.3 Å². The fraction of sp³-hybridized carbons (Fsp3) is 0.0769. The molecule has 0 bridgehead atoms. The molecule has 0 saturated carbocycles. The Bertz CT molecular complexity index is 1370. The molecule has 32 heavy (non-hydrogen) atoms. The maximum Gasteiger partial charge on any atom is 0.206 e. The van der Waals surface area contributed by atoms with Crippen LogP contribution in [0.3, 0.4) is 0 Å². The third-order valence-electron chi connectivity index (χ3n) is 5.26. The summed E-state index contributed by atoms with van der Waals surface area (Å²) < 4.78 is 51.5. The van der Waals surface area contributed by atoms with Gasteiger partial charge in [-0.15, -0.1) is 0 Å². The third-order valence-corrected chi connectivity index (χ3v) is 8.80. The van der Waals surface area contributed by atoms with Gasteiger partial charge in [0.15, 0.2) is 0 Å². The van der Waals surface area contributed by atoms with Gasteiger partial charge in [-0.1, -0.05) is 48.5 Å². The van der Waals surface area contributed by atoms with Gasteiger partial charge in [0.1, 0.15) is 0 Å². The highest BCUT2D eigenvalue weighted by atomic mass is 32.2. The molecule has 0 aliphatic heterocycles. The lowest BCUT2D eigenvalue weighted by Gasteiger charge is -2.09. The summed E-state index contributed by atoms with van der Waals surface area (Å²) in [4.78, 5) is 0.947. The first-order valence-electron chi connectivity index (χ1n) is 10.0. The van der Waals surface area contributed by atoms with E-state index in [-0.39, 0.29) is 19.6 Å². The highest BCUT2D eigenvalue weighted by Crippen LogP contribution is 2.28. The summed E-state index contributed by atoms with van der Waals surface area (Å²) in [5, 5.41) is 0. The summed E-state index contributed by atoms with van der Waals surface area (Å²) in [6.07, 6.45) is 0. The van der Waals surface area contributed by atoms with Crippen LogP contribution in [0, 0.1) is 13.8 Å². The van der Waals surface area contributed by atoms with Gasteiger partial charge in [-0.3, -0.25) is 0 Å². The van der Waals surface area contributed by atoms with Crippen molar-refractivity contribution in [3.63, 3.8) is 0 Å². The molecule has 6 heteroatoms. The van der Waals surface area contributed by atoms with E-state index >= 15 is 0 Å². The van der Waals surface area contributed by atoms with E-state index in [4.69, 9.17) is 0 Å². The van der Waals surface area contributed by atoms with Crippen molar-refractivity contribution in [3.05, 3.63) is 108 Å². The zero-order valence-corrected chi connectivity index (χ0v) is 19.3. The van der Waals surface area contributed by atoms with Crippen LogP contribution in [-0.4, -0.2) is 16.8 Å². The van der Waals surface area contributed by atoms with Gasteiger partial charge in [-0.2, -0.15) is 0 Å². The average molecular weight is 463 g/mol. The van der Waals surface area contributed by atoms with Crippen LogP contribution in [0.5, 0.6) is 0 Å². The van der Waals surface area contributed by atoms with Crippen LogP contribution in [-0.2, 0) is 19.7 Å². The Morgan fingerprint density at radius 3 is 1.09 bits per heavy atom. The van der Waals surface area contributed by atoms with E-state index in [1.54, 1.807) is 84.9 Å². The minimum Gasteiger partial charge on any atom is -0.219 e. The second kappa shape index (κ2) is 8.37. The zero-order chi connectivity index (χ0) is 22.9. The molecule has 0 atom stereocenters. The van der Waals surface area contributed by atoms with Crippen LogP contribution in [0.1, 0.15) is 11.1 Å². The molecule has 162 valence electrons. The first-order chi connectivity index (χ1) is 15.2. The van der Waals surface area contributed by atoms with Gasteiger partial charge in [-0.25, -0.2) is 16.8 Å². The largest absolute Gasteiger partial charge is 0.219 e. The third kappa shape index (κ3) is 4.24. The normalized spacial score (nSPS) is 11.9. The Morgan fingerprint density at radius 2 is 0.781 bits per heavy atom. The maximum atomic E-state index is 12.9. The van der Waals surface area contributed by atoms with E-state index in [0.29, 0.717) is 0 Å². The van der Waals surface area contributed by atoms with Crippen LogP contribution >= 0.6 is 0 Å². The average Bonchev–Trinajstić information content (AvgIpc) is 2.79. The van der Waals surface area contributed by atoms with Crippen LogP contribution in [0.2, 0.25) is 0 Å². The van der Waals surface area contributed by atoms with Gasteiger partial charge in [-0.05, 0) is 84.6 Å². The van der Waals surface area contributed by atoms with Crippen molar-refractivity contribution >= 4 is 19.7 Å². The number of hydrogen-bond donors (Lipinski definition) is 0. The number of benzene rings is 4. The lowest BCUT2D eigenvalue weighted by molar-refractivity contribution is 0.594. The fourth-order valence-corrected chi connectivity index (χ4v) is 6.22. The van der Waals surface area contributed by atoms with Gasteiger partial charge in [0.2, 0.25) is 19.7 Å². The maximum absolute atomic E-state index is 12.9. The monoisotopic (exact) mass is 462 g/mol. The van der Waals surface area contributed by atoms with Gasteiger partial charge in [0, 0.05) is 0 Å². The first-order valence-corrected chi connectivity index (χ1v) is 13.0. The number of sulfone groups is 2. The number of aryl methyl sites for hydroxylation is 2. The van der Waals surface area contributed by atoms with E-state index in [0.717, 1.165) is 22.3 Å². The van der Waals surface area contributed by atoms with Crippen molar-refractivity contribution in [2.45, 2.75) is 33.4 Å². The molecule has 0 aliphatic rings. The lowest BCUT2D eigenvalue weighted by atomic mass is 10.1. The molecule has 0 unspecified atom stereocenters. The fourth-order valence-electron chi connectivity index (χ4n) is 3.49. The summed E-state index contributed by atoms with van der Waals surface area (Å²) in [7, 11) is -7.20. The second-order valence-electron chi connectivity index (χ2n) is 7.69. The Kier molecular flexibility index (Phi) is 5.75. The molecule has 0 amide bonds. The molecule has 0 saturated heterocycles. The minimum absolute atomic E-state index is 0.213. The number of rotatable bonds is 5. The summed E-state index contributed by atoms with van der Waals surface area (Å²) in [6.45, 7) is 3.70. The Balaban J connectivity index is 1.62. The van der Waals surface area contributed by atoms with Crippen molar-refractivity contribution in [1.29, 1.82) is 0 Å². The minimum atomic E-state index is -3.60. The van der Waals surface area contributed by atoms with E-state index in [2.05, 4.69) is 0 Å². The molecule has 4 rings (SSSR count). The van der Waals surface area contributed by atoms with E-state index in [1.807, 2.05) is 26.0 Å². The molecule has 0 heterocycles. The first kappa shape index (κ1) is 22.0. The second-order valence-corrected chi connectivity index (χ2v) is 11.6. The quantitative estimate of drug-likeness (QED) is 0.385. The van der Waals surface area contributed by atoms with Crippen LogP contribution in [0.15, 0.2) is 117 Å². The zero-order valence-electron chi connectivity index (χ0n) is 17.7. The van der Waals surface area contributed by atoms with Crippen molar-refractivity contribution in [2.75, 3.05) is 0 Å². The highest BCUT2D eigenvalue weighted by molar-refractivity contribution is 7.91. The molecule has 0 radical (unpaired) electrons. The smallest absolute Gasteiger partial charge is 0.206 e. The molecule has 4 nitrogen and oxygen atoms in total. The molecule has 0 N–H and O–H groups in total. The van der Waals surface area contributed by atoms with Gasteiger partial charge in [0.25, 0.3) is 0 Å². The summed E-state index contributed by atoms with van der Waals surface area (Å²) >= 11 is 0. The highest BCUT2D eigenvalue weighted by Gasteiger charge is 2.19. The predicted molar refractivity (Wildman–Crippen MR) is 125 cm³/mol. The van der Waals surface area contributed by atoms with Crippen LogP contribution < -0.4 is 0 Å². The molecule has 4 aromatic carbocycles. The Hall–Kier alpha value is -3.22. The van der Waals surface area contributed by atoms with E-state index in [9.17, 15) is 16.8 Å². The Morgan fingerprint density at radius 1 is 0.438 bits per heavy atom. The van der Waals surface area contributed by atoms with Crippen molar-refractivity contribution in [1.82, 2.24) is 0 Å². The van der Waals surface area contributed by atoms with Crippen LogP contribution in [0.25, 0.3) is 11.1 Å². The van der Waals surface area contributed by atoms with Crippen molar-refractivity contribution in [3.8, 4) is 11.1 Å². The molecule has 0 aliphatic carbocycles. The molecule has 0 spiro atoms. The van der Waals surface area contributed by atoms with Gasteiger partial charge >= 0.3 is 0 Å². The molecular weight excluding hydrogens is 440 g/mol. The summed E-state index contributed by atoms with van der Waals surface area (Å²) in [5.41, 5.74) is 3.35. The molecule has 4 aromatic rings. The summed E-state index contributed by atoms with van der Waals surface area (Å²) in [5.74, 6) is 0. The van der Waals surface area contributed by atoms with E-state index < -0.39 is 19.7 Å². The predicted octanol–water partition coefficient (Wildman–Crippen LogP) is 5.64. The molecule has 0 fully saturated rings. The lowest BCUT2D eigenvalue weighted by Crippen LogP contribution is -2.02. The number of hydrogen-bond acceptors (Lipinski definition) is 4. The Labute approximate surface area is 189 Å². The van der Waals surface area contributed by atoms with Gasteiger partial charge < -0.3 is 0 Å². The molecular formula is C26H22O4S2. The van der Waals surface area contributed by atoms with Crippen molar-refractivity contribution in [2.24, 2.45) is 0 Å².